The zero-order valence-corrected chi connectivity index (χ0v) is 14.9. The summed E-state index contributed by atoms with van der Waals surface area (Å²) in [7, 11) is 0. The van der Waals surface area contributed by atoms with Crippen LogP contribution in [0, 0.1) is 11.8 Å². The summed E-state index contributed by atoms with van der Waals surface area (Å²) in [6, 6.07) is 8.13. The maximum atomic E-state index is 12.7. The molecular formula is C17H22N2OS2. The SMILES string of the molecule is C[C@@H]1C[C@H](C)CN(C(=O)[C@@H](C)Sc2nc3ccccc3s2)C1. The number of hydrogen-bond acceptors (Lipinski definition) is 4. The molecule has 3 atom stereocenters. The normalized spacial score (nSPS) is 23.7. The Balaban J connectivity index is 1.68. The summed E-state index contributed by atoms with van der Waals surface area (Å²) >= 11 is 3.26. The average molecular weight is 335 g/mol. The van der Waals surface area contributed by atoms with Crippen LogP contribution in [-0.2, 0) is 4.79 Å². The smallest absolute Gasteiger partial charge is 0.235 e. The lowest BCUT2D eigenvalue weighted by Gasteiger charge is -2.36. The van der Waals surface area contributed by atoms with Crippen molar-refractivity contribution in [3.63, 3.8) is 0 Å². The summed E-state index contributed by atoms with van der Waals surface area (Å²) in [6.07, 6.45) is 1.23. The summed E-state index contributed by atoms with van der Waals surface area (Å²) in [6.45, 7) is 8.27. The van der Waals surface area contributed by atoms with Crippen molar-refractivity contribution in [2.45, 2.75) is 36.8 Å². The lowest BCUT2D eigenvalue weighted by molar-refractivity contribution is -0.132. The fourth-order valence-corrected chi connectivity index (χ4v) is 5.50. The minimum Gasteiger partial charge on any atom is -0.341 e. The number of carbonyl (C=O) groups is 1. The second-order valence-corrected chi connectivity index (χ2v) is 9.02. The first-order valence-electron chi connectivity index (χ1n) is 7.84. The number of nitrogens with zero attached hydrogens (tertiary/aromatic N) is 2. The molecule has 1 fully saturated rings. The molecule has 1 aromatic carbocycles. The zero-order chi connectivity index (χ0) is 15.7. The summed E-state index contributed by atoms with van der Waals surface area (Å²) < 4.78 is 2.17. The molecule has 3 rings (SSSR count). The number of likely N-dealkylation sites (tertiary alicyclic amines) is 1. The van der Waals surface area contributed by atoms with Gasteiger partial charge in [0.2, 0.25) is 5.91 Å². The fourth-order valence-electron chi connectivity index (χ4n) is 3.20. The summed E-state index contributed by atoms with van der Waals surface area (Å²) in [5.41, 5.74) is 1.02. The molecule has 1 aliphatic heterocycles. The number of carbonyl (C=O) groups excluding carboxylic acids is 1. The van der Waals surface area contributed by atoms with Crippen LogP contribution in [0.3, 0.4) is 0 Å². The van der Waals surface area contributed by atoms with Crippen LogP contribution in [0.25, 0.3) is 10.2 Å². The molecule has 1 aromatic heterocycles. The largest absolute Gasteiger partial charge is 0.341 e. The van der Waals surface area contributed by atoms with Crippen LogP contribution < -0.4 is 0 Å². The molecule has 0 spiro atoms. The van der Waals surface area contributed by atoms with E-state index < -0.39 is 0 Å². The summed E-state index contributed by atoms with van der Waals surface area (Å²) in [5, 5.41) is -0.0712. The molecule has 2 aromatic rings. The molecule has 22 heavy (non-hydrogen) atoms. The highest BCUT2D eigenvalue weighted by atomic mass is 32.2. The molecule has 1 saturated heterocycles. The van der Waals surface area contributed by atoms with E-state index >= 15 is 0 Å². The number of hydrogen-bond donors (Lipinski definition) is 0. The van der Waals surface area contributed by atoms with E-state index in [9.17, 15) is 4.79 Å². The molecular weight excluding hydrogens is 312 g/mol. The maximum absolute atomic E-state index is 12.7. The van der Waals surface area contributed by atoms with E-state index in [-0.39, 0.29) is 11.2 Å². The zero-order valence-electron chi connectivity index (χ0n) is 13.3. The molecule has 3 nitrogen and oxygen atoms in total. The number of piperidine rings is 1. The minimum atomic E-state index is -0.0712. The van der Waals surface area contributed by atoms with Gasteiger partial charge in [0, 0.05) is 13.1 Å². The second-order valence-electron chi connectivity index (χ2n) is 6.40. The van der Waals surface area contributed by atoms with Crippen LogP contribution in [0.4, 0.5) is 0 Å². The third-order valence-corrected chi connectivity index (χ3v) is 6.30. The fraction of sp³-hybridized carbons (Fsp3) is 0.529. The van der Waals surface area contributed by atoms with Gasteiger partial charge in [0.25, 0.3) is 0 Å². The van der Waals surface area contributed by atoms with E-state index in [0.29, 0.717) is 11.8 Å². The van der Waals surface area contributed by atoms with Crippen molar-refractivity contribution in [3.8, 4) is 0 Å². The van der Waals surface area contributed by atoms with Crippen LogP contribution in [0.1, 0.15) is 27.2 Å². The van der Waals surface area contributed by atoms with Crippen LogP contribution in [0.5, 0.6) is 0 Å². The van der Waals surface area contributed by atoms with Gasteiger partial charge in [0.05, 0.1) is 15.5 Å². The molecule has 1 aliphatic rings. The Bertz CT molecular complexity index is 626. The number of rotatable bonds is 3. The quantitative estimate of drug-likeness (QED) is 0.786. The number of para-hydroxylation sites is 1. The highest BCUT2D eigenvalue weighted by Crippen LogP contribution is 2.33. The monoisotopic (exact) mass is 334 g/mol. The predicted octanol–water partition coefficient (Wildman–Crippen LogP) is 4.28. The molecule has 0 aliphatic carbocycles. The van der Waals surface area contributed by atoms with E-state index in [2.05, 4.69) is 24.9 Å². The molecule has 0 bridgehead atoms. The van der Waals surface area contributed by atoms with Gasteiger partial charge in [-0.25, -0.2) is 4.98 Å². The number of thioether (sulfide) groups is 1. The lowest BCUT2D eigenvalue weighted by Crippen LogP contribution is -2.45. The Morgan fingerprint density at radius 2 is 2.00 bits per heavy atom. The van der Waals surface area contributed by atoms with Gasteiger partial charge < -0.3 is 4.90 Å². The van der Waals surface area contributed by atoms with Crippen molar-refractivity contribution in [1.82, 2.24) is 9.88 Å². The first kappa shape index (κ1) is 15.8. The van der Waals surface area contributed by atoms with Gasteiger partial charge in [-0.3, -0.25) is 4.79 Å². The second kappa shape index (κ2) is 6.59. The topological polar surface area (TPSA) is 33.2 Å². The number of fused-ring (bicyclic) bond motifs is 1. The van der Waals surface area contributed by atoms with Crippen molar-refractivity contribution >= 4 is 39.2 Å². The molecule has 0 radical (unpaired) electrons. The number of thiazole rings is 1. The molecule has 1 amide bonds. The Morgan fingerprint density at radius 1 is 1.32 bits per heavy atom. The van der Waals surface area contributed by atoms with Gasteiger partial charge in [-0.05, 0) is 37.3 Å². The number of amides is 1. The lowest BCUT2D eigenvalue weighted by atomic mass is 9.92. The molecule has 0 saturated carbocycles. The molecule has 5 heteroatoms. The van der Waals surface area contributed by atoms with E-state index in [4.69, 9.17) is 0 Å². The van der Waals surface area contributed by atoms with Crippen LogP contribution >= 0.6 is 23.1 Å². The van der Waals surface area contributed by atoms with Gasteiger partial charge in [0.1, 0.15) is 0 Å². The van der Waals surface area contributed by atoms with Crippen LogP contribution in [0.2, 0.25) is 0 Å². The van der Waals surface area contributed by atoms with E-state index in [1.165, 1.54) is 11.1 Å². The van der Waals surface area contributed by atoms with Crippen molar-refractivity contribution in [2.75, 3.05) is 13.1 Å². The minimum absolute atomic E-state index is 0.0712. The molecule has 118 valence electrons. The van der Waals surface area contributed by atoms with E-state index in [1.54, 1.807) is 23.1 Å². The number of aromatic nitrogens is 1. The van der Waals surface area contributed by atoms with Gasteiger partial charge in [-0.2, -0.15) is 0 Å². The summed E-state index contributed by atoms with van der Waals surface area (Å²) in [4.78, 5) is 19.4. The third-order valence-electron chi connectivity index (χ3n) is 4.08. The van der Waals surface area contributed by atoms with Crippen LogP contribution in [0.15, 0.2) is 28.6 Å². The average Bonchev–Trinajstić information content (AvgIpc) is 2.87. The maximum Gasteiger partial charge on any atom is 0.235 e. The Labute approximate surface area is 140 Å². The predicted molar refractivity (Wildman–Crippen MR) is 94.5 cm³/mol. The van der Waals surface area contributed by atoms with Gasteiger partial charge in [-0.1, -0.05) is 37.7 Å². The summed E-state index contributed by atoms with van der Waals surface area (Å²) in [5.74, 6) is 1.46. The van der Waals surface area contributed by atoms with E-state index in [1.807, 2.05) is 30.0 Å². The van der Waals surface area contributed by atoms with Gasteiger partial charge >= 0.3 is 0 Å². The van der Waals surface area contributed by atoms with Crippen molar-refractivity contribution in [1.29, 1.82) is 0 Å². The standard InChI is InChI=1S/C17H22N2OS2/c1-11-8-12(2)10-19(9-11)16(20)13(3)21-17-18-14-6-4-5-7-15(14)22-17/h4-7,11-13H,8-10H2,1-3H3/t11-,12+,13-/m1/s1. The van der Waals surface area contributed by atoms with Crippen molar-refractivity contribution < 1.29 is 4.79 Å². The Kier molecular flexibility index (Phi) is 4.73. The highest BCUT2D eigenvalue weighted by Gasteiger charge is 2.29. The Morgan fingerprint density at radius 3 is 2.68 bits per heavy atom. The number of benzene rings is 1. The van der Waals surface area contributed by atoms with Crippen LogP contribution in [-0.4, -0.2) is 34.1 Å². The van der Waals surface area contributed by atoms with Crippen molar-refractivity contribution in [2.24, 2.45) is 11.8 Å². The molecule has 0 unspecified atom stereocenters. The van der Waals surface area contributed by atoms with Gasteiger partial charge in [0.15, 0.2) is 4.34 Å². The molecule has 0 N–H and O–H groups in total. The van der Waals surface area contributed by atoms with E-state index in [0.717, 1.165) is 22.9 Å². The highest BCUT2D eigenvalue weighted by molar-refractivity contribution is 8.02. The molecule has 2 heterocycles. The van der Waals surface area contributed by atoms with Gasteiger partial charge in [-0.15, -0.1) is 11.3 Å². The Hall–Kier alpha value is -1.07. The van der Waals surface area contributed by atoms with Crippen molar-refractivity contribution in [3.05, 3.63) is 24.3 Å². The first-order valence-corrected chi connectivity index (χ1v) is 9.53. The third kappa shape index (κ3) is 3.46. The first-order chi connectivity index (χ1) is 10.5.